The highest BCUT2D eigenvalue weighted by molar-refractivity contribution is 5.87. The summed E-state index contributed by atoms with van der Waals surface area (Å²) in [7, 11) is 2.13. The summed E-state index contributed by atoms with van der Waals surface area (Å²) in [6.45, 7) is 9.14. The van der Waals surface area contributed by atoms with Crippen molar-refractivity contribution in [2.45, 2.75) is 69.6 Å². The highest BCUT2D eigenvalue weighted by Crippen LogP contribution is 2.50. The third kappa shape index (κ3) is 5.03. The number of likely N-dealkylation sites (tertiary alicyclic amines) is 1. The van der Waals surface area contributed by atoms with Crippen LogP contribution in [0.15, 0.2) is 36.9 Å². The third-order valence-corrected chi connectivity index (χ3v) is 9.71. The number of likely N-dealkylation sites (N-methyl/N-ethyl adjacent to an activating group) is 1. The molecule has 6 rings (SSSR count). The number of nitrogens with zero attached hydrogens (tertiary/aromatic N) is 6. The Morgan fingerprint density at radius 3 is 2.85 bits per heavy atom. The lowest BCUT2D eigenvalue weighted by atomic mass is 9.69. The molecule has 1 aromatic carbocycles. The molecule has 4 heterocycles. The van der Waals surface area contributed by atoms with E-state index in [4.69, 9.17) is 19.4 Å². The second-order valence-electron chi connectivity index (χ2n) is 12.0. The topological polar surface area (TPSA) is 94.8 Å². The van der Waals surface area contributed by atoms with E-state index in [0.29, 0.717) is 50.1 Å². The van der Waals surface area contributed by atoms with Crippen LogP contribution in [0.3, 0.4) is 0 Å². The zero-order valence-corrected chi connectivity index (χ0v) is 24.2. The van der Waals surface area contributed by atoms with Gasteiger partial charge in [-0.2, -0.15) is 15.2 Å². The fourth-order valence-electron chi connectivity index (χ4n) is 7.25. The van der Waals surface area contributed by atoms with Gasteiger partial charge < -0.3 is 24.2 Å². The van der Waals surface area contributed by atoms with Crippen LogP contribution < -0.4 is 14.4 Å². The van der Waals surface area contributed by atoms with Gasteiger partial charge in [-0.05, 0) is 69.3 Å². The van der Waals surface area contributed by atoms with Crippen LogP contribution in [0.25, 0.3) is 0 Å². The molecule has 2 fully saturated rings. The van der Waals surface area contributed by atoms with Crippen molar-refractivity contribution in [2.24, 2.45) is 5.92 Å². The van der Waals surface area contributed by atoms with Crippen molar-refractivity contribution in [1.29, 1.82) is 5.26 Å². The van der Waals surface area contributed by atoms with Gasteiger partial charge in [0.1, 0.15) is 18.0 Å². The average molecular weight is 557 g/mol. The predicted octanol–water partition coefficient (Wildman–Crippen LogP) is 3.87. The van der Waals surface area contributed by atoms with Crippen molar-refractivity contribution in [3.63, 3.8) is 0 Å². The fraction of sp³-hybridized carbons (Fsp3) is 0.562. The minimum atomic E-state index is -0.436. The summed E-state index contributed by atoms with van der Waals surface area (Å²) >= 11 is 0. The van der Waals surface area contributed by atoms with E-state index < -0.39 is 5.60 Å². The summed E-state index contributed by atoms with van der Waals surface area (Å²) in [4.78, 5) is 28.7. The monoisotopic (exact) mass is 556 g/mol. The van der Waals surface area contributed by atoms with Crippen LogP contribution in [0.2, 0.25) is 0 Å². The molecule has 1 aromatic heterocycles. The number of hydrogen-bond donors (Lipinski definition) is 0. The minimum Gasteiger partial charge on any atom is -0.465 e. The van der Waals surface area contributed by atoms with Gasteiger partial charge in [0.05, 0.1) is 24.1 Å². The molecule has 3 aliphatic heterocycles. The van der Waals surface area contributed by atoms with Gasteiger partial charge in [-0.15, -0.1) is 0 Å². The number of piperazine rings is 1. The lowest BCUT2D eigenvalue weighted by Crippen LogP contribution is -2.55. The summed E-state index contributed by atoms with van der Waals surface area (Å²) in [5.41, 5.74) is 3.17. The molecule has 1 unspecified atom stereocenters. The van der Waals surface area contributed by atoms with Crippen molar-refractivity contribution in [2.75, 3.05) is 44.7 Å². The van der Waals surface area contributed by atoms with E-state index in [1.807, 2.05) is 0 Å². The number of rotatable bonds is 6. The first kappa shape index (κ1) is 27.5. The summed E-state index contributed by atoms with van der Waals surface area (Å²) in [6, 6.07) is 11.3. The Labute approximate surface area is 242 Å². The number of aryl methyl sites for hydroxylation is 1. The van der Waals surface area contributed by atoms with Gasteiger partial charge in [-0.25, -0.2) is 0 Å². The Morgan fingerprint density at radius 1 is 1.22 bits per heavy atom. The zero-order chi connectivity index (χ0) is 28.6. The number of carbonyl (C=O) groups is 1. The molecule has 4 aliphatic rings. The SMILES string of the molecule is C=CC(=O)N1CCN(c2nc(OC[C@@H]3CCCN3C)nc3c2CCC2(O3)c3ccccc3CC[C@H]2C)C[C@@H]1CC#N. The lowest BCUT2D eigenvalue weighted by molar-refractivity contribution is -0.128. The number of fused-ring (bicyclic) bond motifs is 3. The van der Waals surface area contributed by atoms with Crippen molar-refractivity contribution in [3.05, 3.63) is 53.6 Å². The average Bonchev–Trinajstić information content (AvgIpc) is 3.41. The fourth-order valence-corrected chi connectivity index (χ4v) is 7.25. The second-order valence-corrected chi connectivity index (χ2v) is 12.0. The molecule has 1 aliphatic carbocycles. The number of ether oxygens (including phenoxy) is 2. The van der Waals surface area contributed by atoms with Gasteiger partial charge in [-0.1, -0.05) is 37.8 Å². The summed E-state index contributed by atoms with van der Waals surface area (Å²) in [5, 5.41) is 9.52. The largest absolute Gasteiger partial charge is 0.465 e. The number of benzene rings is 1. The summed E-state index contributed by atoms with van der Waals surface area (Å²) in [5.74, 6) is 1.59. The van der Waals surface area contributed by atoms with Gasteiger partial charge in [0, 0.05) is 31.6 Å². The molecule has 0 saturated carbocycles. The van der Waals surface area contributed by atoms with Crippen molar-refractivity contribution < 1.29 is 14.3 Å². The molecule has 216 valence electrons. The molecule has 41 heavy (non-hydrogen) atoms. The van der Waals surface area contributed by atoms with E-state index in [1.54, 1.807) is 4.90 Å². The molecule has 0 N–H and O–H groups in total. The minimum absolute atomic E-state index is 0.144. The Balaban J connectivity index is 1.36. The maximum atomic E-state index is 12.5. The molecule has 9 nitrogen and oxygen atoms in total. The van der Waals surface area contributed by atoms with Gasteiger partial charge in [0.2, 0.25) is 11.8 Å². The quantitative estimate of drug-likeness (QED) is 0.495. The van der Waals surface area contributed by atoms with Crippen LogP contribution >= 0.6 is 0 Å². The highest BCUT2D eigenvalue weighted by atomic mass is 16.5. The number of aromatic nitrogens is 2. The van der Waals surface area contributed by atoms with Crippen molar-refractivity contribution >= 4 is 11.7 Å². The van der Waals surface area contributed by atoms with Crippen LogP contribution in [0.4, 0.5) is 5.82 Å². The molecular formula is C32H40N6O3. The Hall–Kier alpha value is -3.64. The van der Waals surface area contributed by atoms with Crippen LogP contribution in [-0.2, 0) is 23.2 Å². The molecule has 0 bridgehead atoms. The number of anilines is 1. The predicted molar refractivity (Wildman–Crippen MR) is 156 cm³/mol. The molecule has 2 saturated heterocycles. The van der Waals surface area contributed by atoms with Crippen LogP contribution in [-0.4, -0.2) is 77.6 Å². The maximum absolute atomic E-state index is 12.5. The maximum Gasteiger partial charge on any atom is 0.321 e. The Bertz CT molecular complexity index is 1360. The van der Waals surface area contributed by atoms with E-state index >= 15 is 0 Å². The smallest absolute Gasteiger partial charge is 0.321 e. The van der Waals surface area contributed by atoms with Crippen LogP contribution in [0.1, 0.15) is 55.7 Å². The van der Waals surface area contributed by atoms with E-state index in [0.717, 1.165) is 56.5 Å². The van der Waals surface area contributed by atoms with Crippen LogP contribution in [0.5, 0.6) is 11.9 Å². The molecule has 2 aromatic rings. The van der Waals surface area contributed by atoms with Crippen molar-refractivity contribution in [1.82, 2.24) is 19.8 Å². The first-order valence-corrected chi connectivity index (χ1v) is 15.0. The van der Waals surface area contributed by atoms with E-state index in [-0.39, 0.29) is 18.4 Å². The summed E-state index contributed by atoms with van der Waals surface area (Å²) < 4.78 is 13.3. The van der Waals surface area contributed by atoms with E-state index in [1.165, 1.54) is 17.2 Å². The van der Waals surface area contributed by atoms with Crippen molar-refractivity contribution in [3.8, 4) is 18.0 Å². The molecular weight excluding hydrogens is 516 g/mol. The number of hydrogen-bond acceptors (Lipinski definition) is 8. The Kier molecular flexibility index (Phi) is 7.60. The van der Waals surface area contributed by atoms with Crippen LogP contribution in [0, 0.1) is 17.2 Å². The molecule has 9 heteroatoms. The second kappa shape index (κ2) is 11.3. The molecule has 0 radical (unpaired) electrons. The molecule has 1 amide bonds. The standard InChI is InChI=1S/C32H40N6O3/c1-4-28(39)38-19-18-37(20-24(38)14-16-33)29-26-13-15-32(22(2)11-12-23-8-5-6-10-27(23)32)41-30(26)35-31(34-29)40-21-25-9-7-17-36(25)3/h4-6,8,10,22,24-25H,1,7,9,11-15,17-21H2,2-3H3/t22-,24+,25+,32?/m1/s1. The van der Waals surface area contributed by atoms with Gasteiger partial charge in [0.25, 0.3) is 0 Å². The van der Waals surface area contributed by atoms with Gasteiger partial charge in [0.15, 0.2) is 0 Å². The zero-order valence-electron chi connectivity index (χ0n) is 24.2. The van der Waals surface area contributed by atoms with Gasteiger partial charge >= 0.3 is 6.01 Å². The number of nitriles is 1. The lowest BCUT2D eigenvalue weighted by Gasteiger charge is -2.47. The number of amides is 1. The van der Waals surface area contributed by atoms with E-state index in [9.17, 15) is 10.1 Å². The first-order chi connectivity index (χ1) is 19.9. The Morgan fingerprint density at radius 2 is 2.07 bits per heavy atom. The number of carbonyl (C=O) groups excluding carboxylic acids is 1. The highest BCUT2D eigenvalue weighted by Gasteiger charge is 2.48. The normalized spacial score (nSPS) is 27.5. The molecule has 4 atom stereocenters. The van der Waals surface area contributed by atoms with Gasteiger partial charge in [-0.3, -0.25) is 4.79 Å². The van der Waals surface area contributed by atoms with E-state index in [2.05, 4.69) is 60.7 Å². The summed E-state index contributed by atoms with van der Waals surface area (Å²) in [6.07, 6.45) is 7.58. The third-order valence-electron chi connectivity index (χ3n) is 9.71. The molecule has 1 spiro atoms. The first-order valence-electron chi connectivity index (χ1n) is 15.0.